The van der Waals surface area contributed by atoms with E-state index in [-0.39, 0.29) is 11.7 Å². The Kier molecular flexibility index (Phi) is 6.71. The molecule has 1 N–H and O–H groups in total. The van der Waals surface area contributed by atoms with Crippen LogP contribution in [0.5, 0.6) is 0 Å². The summed E-state index contributed by atoms with van der Waals surface area (Å²) in [7, 11) is 1.92. The zero-order chi connectivity index (χ0) is 19.9. The monoisotopic (exact) mass is 395 g/mol. The van der Waals surface area contributed by atoms with Crippen LogP contribution in [0.3, 0.4) is 0 Å². The molecule has 0 aliphatic rings. The summed E-state index contributed by atoms with van der Waals surface area (Å²) in [5, 5.41) is 12.1. The lowest BCUT2D eigenvalue weighted by atomic mass is 10.2. The molecule has 0 aliphatic carbocycles. The quantitative estimate of drug-likeness (QED) is 0.583. The van der Waals surface area contributed by atoms with Crippen LogP contribution in [0.4, 0.5) is 11.4 Å². The van der Waals surface area contributed by atoms with Crippen molar-refractivity contribution in [3.8, 4) is 11.4 Å². The summed E-state index contributed by atoms with van der Waals surface area (Å²) >= 11 is 1.37. The highest BCUT2D eigenvalue weighted by Gasteiger charge is 2.13. The van der Waals surface area contributed by atoms with Crippen molar-refractivity contribution in [3.05, 3.63) is 54.6 Å². The summed E-state index contributed by atoms with van der Waals surface area (Å²) in [5.41, 5.74) is 3.00. The fourth-order valence-electron chi connectivity index (χ4n) is 2.95. The largest absolute Gasteiger partial charge is 0.372 e. The second-order valence-corrected chi connectivity index (χ2v) is 7.23. The summed E-state index contributed by atoms with van der Waals surface area (Å²) < 4.78 is 1.92. The maximum Gasteiger partial charge on any atom is 0.234 e. The van der Waals surface area contributed by atoms with Crippen LogP contribution < -0.4 is 10.2 Å². The van der Waals surface area contributed by atoms with Crippen molar-refractivity contribution in [1.29, 1.82) is 0 Å². The molecule has 0 unspecified atom stereocenters. The summed E-state index contributed by atoms with van der Waals surface area (Å²) in [6.45, 7) is 6.26. The van der Waals surface area contributed by atoms with E-state index in [1.165, 1.54) is 17.4 Å². The van der Waals surface area contributed by atoms with Crippen LogP contribution >= 0.6 is 11.8 Å². The molecule has 1 aromatic heterocycles. The summed E-state index contributed by atoms with van der Waals surface area (Å²) in [4.78, 5) is 14.4. The molecule has 28 heavy (non-hydrogen) atoms. The summed E-state index contributed by atoms with van der Waals surface area (Å²) in [6.07, 6.45) is 0. The Morgan fingerprint density at radius 1 is 1.04 bits per heavy atom. The van der Waals surface area contributed by atoms with E-state index in [0.29, 0.717) is 5.16 Å². The van der Waals surface area contributed by atoms with Crippen molar-refractivity contribution in [3.63, 3.8) is 0 Å². The molecule has 1 heterocycles. The predicted octanol–water partition coefficient (Wildman–Crippen LogP) is 4.06. The number of thioether (sulfide) groups is 1. The lowest BCUT2D eigenvalue weighted by Gasteiger charge is -2.21. The van der Waals surface area contributed by atoms with E-state index in [2.05, 4.69) is 58.5 Å². The average Bonchev–Trinajstić information content (AvgIpc) is 3.09. The molecule has 6 nitrogen and oxygen atoms in total. The molecule has 1 amide bonds. The summed E-state index contributed by atoms with van der Waals surface area (Å²) in [5.74, 6) is 1.00. The van der Waals surface area contributed by atoms with Gasteiger partial charge in [0, 0.05) is 37.1 Å². The van der Waals surface area contributed by atoms with Gasteiger partial charge in [0.05, 0.1) is 5.75 Å². The van der Waals surface area contributed by atoms with Crippen LogP contribution in [0.1, 0.15) is 13.8 Å². The number of hydrogen-bond acceptors (Lipinski definition) is 5. The minimum Gasteiger partial charge on any atom is -0.372 e. The number of anilines is 2. The van der Waals surface area contributed by atoms with Gasteiger partial charge in [0.15, 0.2) is 11.0 Å². The minimum absolute atomic E-state index is 0.0654. The third kappa shape index (κ3) is 4.72. The second-order valence-electron chi connectivity index (χ2n) is 6.29. The van der Waals surface area contributed by atoms with Crippen LogP contribution in [0.2, 0.25) is 0 Å². The maximum absolute atomic E-state index is 12.1. The van der Waals surface area contributed by atoms with Crippen LogP contribution in [0.15, 0.2) is 59.8 Å². The molecule has 0 radical (unpaired) electrons. The first-order chi connectivity index (χ1) is 13.6. The molecule has 7 heteroatoms. The molecule has 3 aromatic rings. The fourth-order valence-corrected chi connectivity index (χ4v) is 3.66. The Balaban J connectivity index is 1.64. The van der Waals surface area contributed by atoms with Crippen molar-refractivity contribution in [2.45, 2.75) is 19.0 Å². The number of benzene rings is 2. The Bertz CT molecular complexity index is 904. The Morgan fingerprint density at radius 3 is 2.36 bits per heavy atom. The highest BCUT2D eigenvalue weighted by atomic mass is 32.2. The van der Waals surface area contributed by atoms with Crippen LogP contribution in [-0.4, -0.2) is 39.5 Å². The van der Waals surface area contributed by atoms with Gasteiger partial charge in [-0.1, -0.05) is 30.0 Å². The molecule has 0 aliphatic heterocycles. The van der Waals surface area contributed by atoms with Crippen LogP contribution in [0, 0.1) is 0 Å². The first kappa shape index (κ1) is 19.9. The van der Waals surface area contributed by atoms with E-state index in [4.69, 9.17) is 0 Å². The number of nitrogens with zero attached hydrogens (tertiary/aromatic N) is 4. The SMILES string of the molecule is CCN(CC)c1ccc(-c2nnc(SCC(=O)Nc3ccccc3)n2C)cc1. The molecule has 0 spiro atoms. The first-order valence-electron chi connectivity index (χ1n) is 9.34. The van der Waals surface area contributed by atoms with Gasteiger partial charge in [-0.25, -0.2) is 0 Å². The molecular weight excluding hydrogens is 370 g/mol. The van der Waals surface area contributed by atoms with Gasteiger partial charge in [0.1, 0.15) is 0 Å². The van der Waals surface area contributed by atoms with Gasteiger partial charge < -0.3 is 14.8 Å². The van der Waals surface area contributed by atoms with Crippen molar-refractivity contribution < 1.29 is 4.79 Å². The van der Waals surface area contributed by atoms with Crippen molar-refractivity contribution in [1.82, 2.24) is 14.8 Å². The molecule has 0 bridgehead atoms. The number of para-hydroxylation sites is 1. The topological polar surface area (TPSA) is 63.1 Å². The zero-order valence-corrected chi connectivity index (χ0v) is 17.2. The van der Waals surface area contributed by atoms with Gasteiger partial charge in [-0.3, -0.25) is 4.79 Å². The van der Waals surface area contributed by atoms with Gasteiger partial charge in [-0.2, -0.15) is 0 Å². The van der Waals surface area contributed by atoms with Crippen molar-refractivity contribution in [2.24, 2.45) is 7.05 Å². The van der Waals surface area contributed by atoms with Crippen LogP contribution in [-0.2, 0) is 11.8 Å². The molecule has 146 valence electrons. The zero-order valence-electron chi connectivity index (χ0n) is 16.4. The molecule has 0 saturated carbocycles. The molecule has 0 fully saturated rings. The number of amides is 1. The van der Waals surface area contributed by atoms with Gasteiger partial charge >= 0.3 is 0 Å². The number of carbonyl (C=O) groups excluding carboxylic acids is 1. The van der Waals surface area contributed by atoms with Gasteiger partial charge in [-0.05, 0) is 50.2 Å². The van der Waals surface area contributed by atoms with E-state index in [1.54, 1.807) is 0 Å². The standard InChI is InChI=1S/C21H25N5OS/c1-4-26(5-2)18-13-11-16(12-14-18)20-23-24-21(25(20)3)28-15-19(27)22-17-9-7-6-8-10-17/h6-14H,4-5,15H2,1-3H3,(H,22,27). The number of carbonyl (C=O) groups is 1. The molecule has 0 atom stereocenters. The predicted molar refractivity (Wildman–Crippen MR) is 116 cm³/mol. The smallest absolute Gasteiger partial charge is 0.234 e. The van der Waals surface area contributed by atoms with Gasteiger partial charge in [0.2, 0.25) is 5.91 Å². The Labute approximate surface area is 170 Å². The normalized spacial score (nSPS) is 10.7. The molecule has 2 aromatic carbocycles. The number of nitrogens with one attached hydrogen (secondary N) is 1. The molecular formula is C21H25N5OS. The average molecular weight is 396 g/mol. The first-order valence-corrected chi connectivity index (χ1v) is 10.3. The maximum atomic E-state index is 12.1. The van der Waals surface area contributed by atoms with E-state index in [1.807, 2.05) is 41.9 Å². The second kappa shape index (κ2) is 9.41. The highest BCUT2D eigenvalue weighted by Crippen LogP contribution is 2.25. The lowest BCUT2D eigenvalue weighted by molar-refractivity contribution is -0.113. The van der Waals surface area contributed by atoms with Crippen LogP contribution in [0.25, 0.3) is 11.4 Å². The number of aromatic nitrogens is 3. The van der Waals surface area contributed by atoms with Gasteiger partial charge in [0.25, 0.3) is 0 Å². The number of hydrogen-bond donors (Lipinski definition) is 1. The molecule has 3 rings (SSSR count). The molecule has 0 saturated heterocycles. The Hall–Kier alpha value is -2.80. The van der Waals surface area contributed by atoms with Crippen molar-refractivity contribution >= 4 is 29.0 Å². The third-order valence-corrected chi connectivity index (χ3v) is 5.50. The third-order valence-electron chi connectivity index (χ3n) is 4.48. The highest BCUT2D eigenvalue weighted by molar-refractivity contribution is 7.99. The van der Waals surface area contributed by atoms with E-state index in [0.717, 1.165) is 30.2 Å². The van der Waals surface area contributed by atoms with Gasteiger partial charge in [-0.15, -0.1) is 10.2 Å². The van der Waals surface area contributed by atoms with E-state index >= 15 is 0 Å². The lowest BCUT2D eigenvalue weighted by Crippen LogP contribution is -2.21. The fraction of sp³-hybridized carbons (Fsp3) is 0.286. The van der Waals surface area contributed by atoms with E-state index in [9.17, 15) is 4.79 Å². The minimum atomic E-state index is -0.0654. The van der Waals surface area contributed by atoms with E-state index < -0.39 is 0 Å². The Morgan fingerprint density at radius 2 is 1.71 bits per heavy atom. The van der Waals surface area contributed by atoms with Crippen molar-refractivity contribution in [2.75, 3.05) is 29.1 Å². The number of rotatable bonds is 8. The summed E-state index contributed by atoms with van der Waals surface area (Å²) in [6, 6.07) is 17.8.